The largest absolute Gasteiger partial charge is 0.488 e. The lowest BCUT2D eigenvalue weighted by Crippen LogP contribution is -2.38. The molecule has 7 nitrogen and oxygen atoms in total. The fourth-order valence-corrected chi connectivity index (χ4v) is 7.57. The Morgan fingerprint density at radius 1 is 0.913 bits per heavy atom. The van der Waals surface area contributed by atoms with Gasteiger partial charge in [0.25, 0.3) is 11.2 Å². The van der Waals surface area contributed by atoms with Crippen LogP contribution < -0.4 is 19.6 Å². The predicted molar refractivity (Wildman–Crippen MR) is 181 cm³/mol. The van der Waals surface area contributed by atoms with Gasteiger partial charge in [-0.25, -0.2) is 4.99 Å². The van der Waals surface area contributed by atoms with Crippen molar-refractivity contribution in [2.24, 2.45) is 4.99 Å². The van der Waals surface area contributed by atoms with Crippen molar-refractivity contribution >= 4 is 39.6 Å². The molecular weight excluding hydrogens is 595 g/mol. The van der Waals surface area contributed by atoms with Crippen LogP contribution in [-0.2, 0) is 13.0 Å². The Morgan fingerprint density at radius 3 is 2.61 bits per heavy atom. The minimum absolute atomic E-state index is 0.00717. The summed E-state index contributed by atoms with van der Waals surface area (Å²) in [4.78, 5) is 31.2. The van der Waals surface area contributed by atoms with Gasteiger partial charge >= 0.3 is 0 Å². The van der Waals surface area contributed by atoms with Gasteiger partial charge in [0.15, 0.2) is 4.80 Å². The van der Waals surface area contributed by atoms with Crippen LogP contribution in [0.2, 0.25) is 0 Å². The molecule has 0 amide bonds. The van der Waals surface area contributed by atoms with Crippen molar-refractivity contribution in [2.75, 3.05) is 0 Å². The van der Waals surface area contributed by atoms with Gasteiger partial charge in [0.1, 0.15) is 12.4 Å². The summed E-state index contributed by atoms with van der Waals surface area (Å²) in [5, 5.41) is 14.0. The Kier molecular flexibility index (Phi) is 6.92. The molecule has 1 aliphatic carbocycles. The van der Waals surface area contributed by atoms with E-state index in [1.54, 1.807) is 16.7 Å². The van der Waals surface area contributed by atoms with Gasteiger partial charge in [0.2, 0.25) is 0 Å². The van der Waals surface area contributed by atoms with E-state index >= 15 is 0 Å². The second kappa shape index (κ2) is 11.4. The van der Waals surface area contributed by atoms with Gasteiger partial charge in [0, 0.05) is 23.3 Å². The Balaban J connectivity index is 1.25. The first kappa shape index (κ1) is 27.9. The zero-order valence-electron chi connectivity index (χ0n) is 24.6. The minimum atomic E-state index is -0.500. The molecule has 5 aromatic carbocycles. The van der Waals surface area contributed by atoms with E-state index in [4.69, 9.17) is 9.73 Å². The van der Waals surface area contributed by atoms with Crippen LogP contribution in [0.5, 0.6) is 5.75 Å². The topological polar surface area (TPSA) is 86.7 Å². The first-order chi connectivity index (χ1) is 22.5. The third-order valence-electron chi connectivity index (χ3n) is 8.74. The number of para-hydroxylation sites is 1. The van der Waals surface area contributed by atoms with E-state index in [-0.39, 0.29) is 11.2 Å². The number of nitro benzene ring substituents is 1. The number of aryl methyl sites for hydroxylation is 1. The van der Waals surface area contributed by atoms with Gasteiger partial charge in [-0.2, -0.15) is 0 Å². The van der Waals surface area contributed by atoms with Crippen LogP contribution in [0.15, 0.2) is 131 Å². The van der Waals surface area contributed by atoms with Gasteiger partial charge in [-0.3, -0.25) is 19.5 Å². The monoisotopic (exact) mass is 621 g/mol. The summed E-state index contributed by atoms with van der Waals surface area (Å²) >= 11 is 1.33. The number of aromatic nitrogens is 1. The maximum absolute atomic E-state index is 14.3. The van der Waals surface area contributed by atoms with Crippen LogP contribution in [0.4, 0.5) is 5.69 Å². The van der Waals surface area contributed by atoms with Crippen LogP contribution in [0.3, 0.4) is 0 Å². The highest BCUT2D eigenvalue weighted by Crippen LogP contribution is 2.41. The third kappa shape index (κ3) is 4.83. The van der Waals surface area contributed by atoms with Gasteiger partial charge in [-0.15, -0.1) is 0 Å². The van der Waals surface area contributed by atoms with Gasteiger partial charge in [-0.1, -0.05) is 108 Å². The molecule has 8 heteroatoms. The predicted octanol–water partition coefficient (Wildman–Crippen LogP) is 6.96. The Bertz CT molecular complexity index is 2400. The first-order valence-corrected chi connectivity index (χ1v) is 15.9. The molecule has 224 valence electrons. The van der Waals surface area contributed by atoms with E-state index in [0.717, 1.165) is 45.2 Å². The van der Waals surface area contributed by atoms with E-state index in [0.29, 0.717) is 33.7 Å². The van der Waals surface area contributed by atoms with Crippen molar-refractivity contribution < 1.29 is 9.66 Å². The average molecular weight is 622 g/mol. The summed E-state index contributed by atoms with van der Waals surface area (Å²) in [6, 6.07) is 36.4. The van der Waals surface area contributed by atoms with Crippen LogP contribution in [0.1, 0.15) is 40.3 Å². The summed E-state index contributed by atoms with van der Waals surface area (Å²) in [6.07, 6.45) is 3.38. The number of ether oxygens (including phenoxy) is 1. The number of nitro groups is 1. The molecule has 2 aliphatic rings. The maximum atomic E-state index is 14.3. The molecule has 2 heterocycles. The molecule has 0 unspecified atom stereocenters. The van der Waals surface area contributed by atoms with Crippen LogP contribution in [0, 0.1) is 10.1 Å². The smallest absolute Gasteiger partial charge is 0.271 e. The molecule has 6 aromatic rings. The third-order valence-corrected chi connectivity index (χ3v) is 9.72. The van der Waals surface area contributed by atoms with Crippen LogP contribution in [-0.4, -0.2) is 9.49 Å². The molecular formula is C38H27N3O4S. The summed E-state index contributed by atoms with van der Waals surface area (Å²) in [5.41, 5.74) is 6.47. The molecule has 8 rings (SSSR count). The van der Waals surface area contributed by atoms with Crippen molar-refractivity contribution in [3.05, 3.63) is 178 Å². The Labute approximate surface area is 267 Å². The highest BCUT2D eigenvalue weighted by molar-refractivity contribution is 7.07. The lowest BCUT2D eigenvalue weighted by molar-refractivity contribution is -0.384. The summed E-state index contributed by atoms with van der Waals surface area (Å²) in [7, 11) is 0. The van der Waals surface area contributed by atoms with Crippen molar-refractivity contribution in [1.29, 1.82) is 0 Å². The first-order valence-electron chi connectivity index (χ1n) is 15.1. The van der Waals surface area contributed by atoms with E-state index in [2.05, 4.69) is 36.4 Å². The number of benzene rings is 5. The van der Waals surface area contributed by atoms with Crippen molar-refractivity contribution in [1.82, 2.24) is 4.57 Å². The highest BCUT2D eigenvalue weighted by atomic mass is 32.1. The van der Waals surface area contributed by atoms with E-state index in [1.165, 1.54) is 23.0 Å². The van der Waals surface area contributed by atoms with Gasteiger partial charge in [0.05, 0.1) is 21.2 Å². The summed E-state index contributed by atoms with van der Waals surface area (Å²) in [5.74, 6) is 0.671. The van der Waals surface area contributed by atoms with Crippen molar-refractivity contribution in [3.8, 4) is 5.75 Å². The molecule has 1 aliphatic heterocycles. The van der Waals surface area contributed by atoms with E-state index in [1.807, 2.05) is 66.7 Å². The molecule has 0 N–H and O–H groups in total. The molecule has 0 saturated carbocycles. The zero-order valence-corrected chi connectivity index (χ0v) is 25.4. The number of rotatable bonds is 6. The van der Waals surface area contributed by atoms with E-state index < -0.39 is 11.0 Å². The number of thiazole rings is 1. The highest BCUT2D eigenvalue weighted by Gasteiger charge is 2.33. The number of nitrogens with zero attached hydrogens (tertiary/aromatic N) is 3. The molecule has 0 fully saturated rings. The fraction of sp³-hybridized carbons (Fsp3) is 0.105. The second-order valence-electron chi connectivity index (χ2n) is 11.4. The molecule has 0 bridgehead atoms. The van der Waals surface area contributed by atoms with Crippen molar-refractivity contribution in [3.63, 3.8) is 0 Å². The second-order valence-corrected chi connectivity index (χ2v) is 12.4. The molecule has 0 saturated heterocycles. The van der Waals surface area contributed by atoms with Crippen LogP contribution >= 0.6 is 11.3 Å². The van der Waals surface area contributed by atoms with Gasteiger partial charge < -0.3 is 4.74 Å². The lowest BCUT2D eigenvalue weighted by Gasteiger charge is -2.30. The fourth-order valence-electron chi connectivity index (χ4n) is 6.58. The van der Waals surface area contributed by atoms with Crippen LogP contribution in [0.25, 0.3) is 22.5 Å². The molecule has 46 heavy (non-hydrogen) atoms. The number of hydrogen-bond acceptors (Lipinski definition) is 6. The number of hydrogen-bond donors (Lipinski definition) is 0. The average Bonchev–Trinajstić information content (AvgIpc) is 3.40. The Morgan fingerprint density at radius 2 is 1.70 bits per heavy atom. The van der Waals surface area contributed by atoms with Gasteiger partial charge in [-0.05, 0) is 58.0 Å². The molecule has 0 spiro atoms. The standard InChI is InChI=1S/C38H27N3O4S/c42-37-34(22-26-11-3-6-18-33(26)45-23-28-14-7-12-24-9-1-4-16-30(24)28)46-38-39-35-31-17-5-2-10-25(31)19-20-32(35)36(40(37)38)27-13-8-15-29(21-27)41(43)44/h1-18,21-22,36H,19-20,23H2/b34-22-/t36-/m0/s1. The molecule has 1 atom stereocenters. The lowest BCUT2D eigenvalue weighted by atomic mass is 9.83. The molecule has 0 radical (unpaired) electrons. The SMILES string of the molecule is O=c1/c(=C/c2ccccc2OCc2cccc3ccccc23)sc2n1[C@@H](c1cccc([N+](=O)[O-])c1)C1=C(N=2)c2ccccc2CC1. The Hall–Kier alpha value is -5.60. The number of non-ortho nitro benzene ring substituents is 1. The summed E-state index contributed by atoms with van der Waals surface area (Å²) in [6.45, 7) is 0.381. The van der Waals surface area contributed by atoms with Crippen molar-refractivity contribution in [2.45, 2.75) is 25.5 Å². The minimum Gasteiger partial charge on any atom is -0.488 e. The maximum Gasteiger partial charge on any atom is 0.271 e. The zero-order chi connectivity index (χ0) is 31.2. The quantitative estimate of drug-likeness (QED) is 0.149. The number of fused-ring (bicyclic) bond motifs is 4. The number of allylic oxidation sites excluding steroid dienone is 1. The summed E-state index contributed by atoms with van der Waals surface area (Å²) < 4.78 is 8.58. The molecule has 1 aromatic heterocycles. The normalized spacial score (nSPS) is 15.6. The van der Waals surface area contributed by atoms with E-state index in [9.17, 15) is 14.9 Å².